The average Bonchev–Trinajstić information content (AvgIpc) is 2.94. The first-order valence-electron chi connectivity index (χ1n) is 14.1. The van der Waals surface area contributed by atoms with E-state index in [2.05, 4.69) is 17.6 Å². The Morgan fingerprint density at radius 1 is 0.641 bits per heavy atom. The summed E-state index contributed by atoms with van der Waals surface area (Å²) in [5, 5.41) is 5.41. The molecule has 0 radical (unpaired) electrons. The smallest absolute Gasteiger partial charge is 0.340 e. The molecule has 0 saturated carbocycles. The van der Waals surface area contributed by atoms with E-state index >= 15 is 0 Å². The molecule has 0 fully saturated rings. The van der Waals surface area contributed by atoms with Crippen LogP contribution in [0.2, 0.25) is 0 Å². The van der Waals surface area contributed by atoms with Crippen LogP contribution in [0.25, 0.3) is 0 Å². The summed E-state index contributed by atoms with van der Waals surface area (Å²) in [5.41, 5.74) is 1.37. The van der Waals surface area contributed by atoms with E-state index in [9.17, 15) is 19.2 Å². The summed E-state index contributed by atoms with van der Waals surface area (Å²) in [6.45, 7) is 3.96. The van der Waals surface area contributed by atoms with Crippen molar-refractivity contribution in [1.29, 1.82) is 0 Å². The van der Waals surface area contributed by atoms with Gasteiger partial charge in [-0.1, -0.05) is 77.3 Å². The van der Waals surface area contributed by atoms with Gasteiger partial charge in [-0.2, -0.15) is 0 Å². The SMILES string of the molecule is CCCCCCCCCCCC(=O)Nc1ccccc1C(=O)OCC(=O)Nc1ccc(C(=O)OCCC)cc1. The molecule has 8 heteroatoms. The zero-order valence-electron chi connectivity index (χ0n) is 23.3. The highest BCUT2D eigenvalue weighted by molar-refractivity contribution is 6.02. The fraction of sp³-hybridized carbons (Fsp3) is 0.484. The van der Waals surface area contributed by atoms with Gasteiger partial charge >= 0.3 is 11.9 Å². The number of anilines is 2. The molecule has 39 heavy (non-hydrogen) atoms. The lowest BCUT2D eigenvalue weighted by atomic mass is 10.1. The Hall–Kier alpha value is -3.68. The van der Waals surface area contributed by atoms with Crippen molar-refractivity contribution in [2.45, 2.75) is 84.5 Å². The lowest BCUT2D eigenvalue weighted by molar-refractivity contribution is -0.119. The molecule has 2 rings (SSSR count). The van der Waals surface area contributed by atoms with Crippen LogP contribution in [-0.4, -0.2) is 37.0 Å². The number of hydrogen-bond acceptors (Lipinski definition) is 6. The van der Waals surface area contributed by atoms with Crippen LogP contribution in [0.3, 0.4) is 0 Å². The molecule has 2 amide bonds. The maximum Gasteiger partial charge on any atom is 0.340 e. The molecule has 0 unspecified atom stereocenters. The Balaban J connectivity index is 1.74. The van der Waals surface area contributed by atoms with Gasteiger partial charge in [-0.05, 0) is 49.2 Å². The predicted molar refractivity (Wildman–Crippen MR) is 153 cm³/mol. The highest BCUT2D eigenvalue weighted by Crippen LogP contribution is 2.18. The van der Waals surface area contributed by atoms with Crippen LogP contribution < -0.4 is 10.6 Å². The molecule has 0 bridgehead atoms. The minimum absolute atomic E-state index is 0.155. The van der Waals surface area contributed by atoms with E-state index in [4.69, 9.17) is 9.47 Å². The predicted octanol–water partition coefficient (Wildman–Crippen LogP) is 6.91. The molecule has 0 atom stereocenters. The molecule has 2 N–H and O–H groups in total. The second-order valence-electron chi connectivity index (χ2n) is 9.51. The van der Waals surface area contributed by atoms with Gasteiger partial charge in [0.1, 0.15) is 0 Å². The van der Waals surface area contributed by atoms with Crippen molar-refractivity contribution in [1.82, 2.24) is 0 Å². The summed E-state index contributed by atoms with van der Waals surface area (Å²) in [5.74, 6) is -1.82. The van der Waals surface area contributed by atoms with Crippen LogP contribution in [0.15, 0.2) is 48.5 Å². The lowest BCUT2D eigenvalue weighted by Crippen LogP contribution is -2.22. The summed E-state index contributed by atoms with van der Waals surface area (Å²) in [6.07, 6.45) is 11.6. The maximum absolute atomic E-state index is 12.6. The zero-order chi connectivity index (χ0) is 28.3. The van der Waals surface area contributed by atoms with Crippen LogP contribution >= 0.6 is 0 Å². The van der Waals surface area contributed by atoms with Gasteiger partial charge in [-0.15, -0.1) is 0 Å². The first kappa shape index (κ1) is 31.5. The van der Waals surface area contributed by atoms with Gasteiger partial charge in [0.25, 0.3) is 5.91 Å². The van der Waals surface area contributed by atoms with Crippen LogP contribution in [-0.2, 0) is 19.1 Å². The third-order valence-corrected chi connectivity index (χ3v) is 6.10. The van der Waals surface area contributed by atoms with E-state index in [1.165, 1.54) is 38.5 Å². The quantitative estimate of drug-likeness (QED) is 0.158. The molecular weight excluding hydrogens is 496 g/mol. The Morgan fingerprint density at radius 3 is 1.95 bits per heavy atom. The number of rotatable bonds is 18. The standard InChI is InChI=1S/C31H42N2O6/c1-3-5-6-7-8-9-10-11-12-17-28(34)33-27-16-14-13-15-26(27)31(37)39-23-29(35)32-25-20-18-24(19-21-25)30(36)38-22-4-2/h13-16,18-21H,3-12,17,22-23H2,1-2H3,(H,32,35)(H,33,34). The third-order valence-electron chi connectivity index (χ3n) is 6.10. The number of carbonyl (C=O) groups is 4. The molecule has 0 aromatic heterocycles. The van der Waals surface area contributed by atoms with Gasteiger partial charge in [0.2, 0.25) is 5.91 Å². The molecule has 0 heterocycles. The van der Waals surface area contributed by atoms with Gasteiger partial charge < -0.3 is 20.1 Å². The highest BCUT2D eigenvalue weighted by Gasteiger charge is 2.16. The number of unbranched alkanes of at least 4 members (excludes halogenated alkanes) is 8. The van der Waals surface area contributed by atoms with Gasteiger partial charge in [0.15, 0.2) is 6.61 Å². The van der Waals surface area contributed by atoms with Crippen molar-refractivity contribution in [3.8, 4) is 0 Å². The molecule has 2 aromatic carbocycles. The number of carbonyl (C=O) groups excluding carboxylic acids is 4. The van der Waals surface area contributed by atoms with Crippen molar-refractivity contribution in [3.63, 3.8) is 0 Å². The molecule has 212 valence electrons. The van der Waals surface area contributed by atoms with Crippen molar-refractivity contribution in [2.24, 2.45) is 0 Å². The number of hydrogen-bond donors (Lipinski definition) is 2. The van der Waals surface area contributed by atoms with Crippen molar-refractivity contribution >= 4 is 35.1 Å². The van der Waals surface area contributed by atoms with E-state index in [-0.39, 0.29) is 11.5 Å². The fourth-order valence-electron chi connectivity index (χ4n) is 3.95. The number of nitrogens with one attached hydrogen (secondary N) is 2. The van der Waals surface area contributed by atoms with Crippen molar-refractivity contribution < 1.29 is 28.7 Å². The number of benzene rings is 2. The molecule has 0 aliphatic rings. The van der Waals surface area contributed by atoms with Gasteiger partial charge in [0.05, 0.1) is 23.4 Å². The number of amides is 2. The molecule has 0 spiro atoms. The zero-order valence-corrected chi connectivity index (χ0v) is 23.3. The topological polar surface area (TPSA) is 111 Å². The number of ether oxygens (including phenoxy) is 2. The Morgan fingerprint density at radius 2 is 1.28 bits per heavy atom. The van der Waals surface area contributed by atoms with Crippen molar-refractivity contribution in [2.75, 3.05) is 23.8 Å². The molecule has 8 nitrogen and oxygen atoms in total. The average molecular weight is 539 g/mol. The van der Waals surface area contributed by atoms with E-state index in [0.717, 1.165) is 25.7 Å². The summed E-state index contributed by atoms with van der Waals surface area (Å²) in [4.78, 5) is 49.2. The van der Waals surface area contributed by atoms with E-state index in [0.29, 0.717) is 30.0 Å². The van der Waals surface area contributed by atoms with Crippen LogP contribution in [0.5, 0.6) is 0 Å². The first-order chi connectivity index (χ1) is 18.9. The monoisotopic (exact) mass is 538 g/mol. The second kappa shape index (κ2) is 18.6. The van der Waals surface area contributed by atoms with E-state index < -0.39 is 24.5 Å². The number of esters is 2. The Labute approximate surface area is 231 Å². The maximum atomic E-state index is 12.6. The first-order valence-corrected chi connectivity index (χ1v) is 14.1. The van der Waals surface area contributed by atoms with Crippen LogP contribution in [0, 0.1) is 0 Å². The van der Waals surface area contributed by atoms with Crippen LogP contribution in [0.1, 0.15) is 105 Å². The normalized spacial score (nSPS) is 10.5. The Bertz CT molecular complexity index is 1050. The Kier molecular flexibility index (Phi) is 15.0. The minimum atomic E-state index is -0.710. The summed E-state index contributed by atoms with van der Waals surface area (Å²) >= 11 is 0. The van der Waals surface area contributed by atoms with Gasteiger partial charge in [-0.3, -0.25) is 9.59 Å². The number of para-hydroxylation sites is 1. The summed E-state index contributed by atoms with van der Waals surface area (Å²) in [7, 11) is 0. The molecular formula is C31H42N2O6. The molecule has 2 aromatic rings. The fourth-order valence-corrected chi connectivity index (χ4v) is 3.95. The van der Waals surface area contributed by atoms with Crippen LogP contribution in [0.4, 0.5) is 11.4 Å². The largest absolute Gasteiger partial charge is 0.462 e. The summed E-state index contributed by atoms with van der Waals surface area (Å²) in [6, 6.07) is 12.8. The van der Waals surface area contributed by atoms with Crippen molar-refractivity contribution in [3.05, 3.63) is 59.7 Å². The molecule has 0 aliphatic carbocycles. The summed E-state index contributed by atoms with van der Waals surface area (Å²) < 4.78 is 10.3. The van der Waals surface area contributed by atoms with Gasteiger partial charge in [-0.25, -0.2) is 9.59 Å². The van der Waals surface area contributed by atoms with E-state index in [1.54, 1.807) is 48.5 Å². The molecule has 0 aliphatic heterocycles. The lowest BCUT2D eigenvalue weighted by Gasteiger charge is -2.11. The molecule has 0 saturated heterocycles. The van der Waals surface area contributed by atoms with E-state index in [1.807, 2.05) is 6.92 Å². The third kappa shape index (κ3) is 12.6. The second-order valence-corrected chi connectivity index (χ2v) is 9.51. The minimum Gasteiger partial charge on any atom is -0.462 e. The van der Waals surface area contributed by atoms with Gasteiger partial charge in [0, 0.05) is 12.1 Å². The highest BCUT2D eigenvalue weighted by atomic mass is 16.5.